The van der Waals surface area contributed by atoms with Crippen molar-refractivity contribution in [3.8, 4) is 28.7 Å². The summed E-state index contributed by atoms with van der Waals surface area (Å²) in [5.41, 5.74) is 3.25. The van der Waals surface area contributed by atoms with Crippen molar-refractivity contribution in [3.05, 3.63) is 52.6 Å². The monoisotopic (exact) mass is 567 g/mol. The highest BCUT2D eigenvalue weighted by molar-refractivity contribution is 5.92. The van der Waals surface area contributed by atoms with Crippen molar-refractivity contribution in [1.82, 2.24) is 4.90 Å². The largest absolute Gasteiger partial charge is 0.493 e. The van der Waals surface area contributed by atoms with Crippen LogP contribution in [0.2, 0.25) is 0 Å². The molecule has 0 saturated carbocycles. The molecule has 2 heterocycles. The smallest absolute Gasteiger partial charge is 0.338 e. The molecular weight excluding hydrogens is 530 g/mol. The first-order chi connectivity index (χ1) is 19.8. The molecule has 3 aliphatic rings. The molecule has 10 heteroatoms. The molecule has 0 aromatic heterocycles. The fourth-order valence-electron chi connectivity index (χ4n) is 6.57. The van der Waals surface area contributed by atoms with Crippen LogP contribution in [0.4, 0.5) is 0 Å². The SMILES string of the molecule is COC(=O)C1=CC(OC(=O)c2cc(OC)c(OC)c(OC)c2)CC2CN3CCc4cc(OC)c(OC)cc4C3CC12. The molecule has 41 heavy (non-hydrogen) atoms. The summed E-state index contributed by atoms with van der Waals surface area (Å²) < 4.78 is 38.4. The Morgan fingerprint density at radius 1 is 0.780 bits per heavy atom. The summed E-state index contributed by atoms with van der Waals surface area (Å²) >= 11 is 0. The van der Waals surface area contributed by atoms with E-state index in [9.17, 15) is 9.59 Å². The maximum Gasteiger partial charge on any atom is 0.338 e. The lowest BCUT2D eigenvalue weighted by atomic mass is 9.69. The average Bonchev–Trinajstić information content (AvgIpc) is 3.01. The van der Waals surface area contributed by atoms with Gasteiger partial charge in [0.1, 0.15) is 6.10 Å². The van der Waals surface area contributed by atoms with E-state index in [-0.39, 0.29) is 23.4 Å². The summed E-state index contributed by atoms with van der Waals surface area (Å²) in [5, 5.41) is 0. The molecule has 0 N–H and O–H groups in total. The number of carbonyl (C=O) groups excluding carboxylic acids is 2. The number of rotatable bonds is 8. The van der Waals surface area contributed by atoms with Crippen LogP contribution in [-0.4, -0.2) is 78.7 Å². The zero-order chi connectivity index (χ0) is 29.3. The van der Waals surface area contributed by atoms with Crippen LogP contribution in [0.25, 0.3) is 0 Å². The van der Waals surface area contributed by atoms with E-state index in [1.165, 1.54) is 39.6 Å². The van der Waals surface area contributed by atoms with Gasteiger partial charge in [-0.2, -0.15) is 0 Å². The molecular formula is C31H37NO9. The fraction of sp³-hybridized carbons (Fsp3) is 0.484. The van der Waals surface area contributed by atoms with E-state index in [0.717, 1.165) is 31.7 Å². The van der Waals surface area contributed by atoms with Gasteiger partial charge in [-0.25, -0.2) is 9.59 Å². The Bertz CT molecular complexity index is 1330. The minimum atomic E-state index is -0.588. The Morgan fingerprint density at radius 2 is 1.44 bits per heavy atom. The van der Waals surface area contributed by atoms with Crippen LogP contribution in [0.3, 0.4) is 0 Å². The van der Waals surface area contributed by atoms with Crippen LogP contribution in [-0.2, 0) is 20.7 Å². The van der Waals surface area contributed by atoms with Crippen molar-refractivity contribution in [3.63, 3.8) is 0 Å². The normalized spacial score (nSPS) is 23.1. The molecule has 1 fully saturated rings. The number of hydrogen-bond acceptors (Lipinski definition) is 10. The molecule has 10 nitrogen and oxygen atoms in total. The van der Waals surface area contributed by atoms with Gasteiger partial charge in [-0.05, 0) is 72.6 Å². The predicted molar refractivity (Wildman–Crippen MR) is 149 cm³/mol. The lowest BCUT2D eigenvalue weighted by Gasteiger charge is -2.49. The van der Waals surface area contributed by atoms with Gasteiger partial charge < -0.3 is 33.2 Å². The third-order valence-electron chi connectivity index (χ3n) is 8.51. The quantitative estimate of drug-likeness (QED) is 0.435. The number of carbonyl (C=O) groups is 2. The van der Waals surface area contributed by atoms with Gasteiger partial charge in [0.05, 0.1) is 48.2 Å². The summed E-state index contributed by atoms with van der Waals surface area (Å²) in [5.74, 6) is 1.65. The Balaban J connectivity index is 1.42. The lowest BCUT2D eigenvalue weighted by molar-refractivity contribution is -0.138. The van der Waals surface area contributed by atoms with Crippen molar-refractivity contribution in [1.29, 1.82) is 0 Å². The van der Waals surface area contributed by atoms with Crippen LogP contribution >= 0.6 is 0 Å². The number of hydrogen-bond donors (Lipinski definition) is 0. The number of piperidine rings is 1. The first-order valence-corrected chi connectivity index (χ1v) is 13.6. The topological polar surface area (TPSA) is 102 Å². The fourth-order valence-corrected chi connectivity index (χ4v) is 6.57. The van der Waals surface area contributed by atoms with E-state index >= 15 is 0 Å². The lowest BCUT2D eigenvalue weighted by Crippen LogP contribution is -2.49. The molecule has 4 unspecified atom stereocenters. The summed E-state index contributed by atoms with van der Waals surface area (Å²) in [4.78, 5) is 28.8. The van der Waals surface area contributed by atoms with Crippen molar-refractivity contribution in [2.24, 2.45) is 11.8 Å². The molecule has 0 radical (unpaired) electrons. The van der Waals surface area contributed by atoms with E-state index in [4.69, 9.17) is 33.2 Å². The molecule has 1 saturated heterocycles. The molecule has 220 valence electrons. The van der Waals surface area contributed by atoms with Gasteiger partial charge in [0.2, 0.25) is 5.75 Å². The van der Waals surface area contributed by atoms with Gasteiger partial charge in [0, 0.05) is 24.7 Å². The highest BCUT2D eigenvalue weighted by atomic mass is 16.5. The predicted octanol–water partition coefficient (Wildman–Crippen LogP) is 3.99. The number of nitrogens with zero attached hydrogens (tertiary/aromatic N) is 1. The zero-order valence-corrected chi connectivity index (χ0v) is 24.4. The van der Waals surface area contributed by atoms with Gasteiger partial charge >= 0.3 is 11.9 Å². The molecule has 5 rings (SSSR count). The summed E-state index contributed by atoms with van der Waals surface area (Å²) in [6, 6.07) is 7.37. The first-order valence-electron chi connectivity index (χ1n) is 13.6. The molecule has 0 spiro atoms. The van der Waals surface area contributed by atoms with Gasteiger partial charge in [-0.1, -0.05) is 0 Å². The summed E-state index contributed by atoms with van der Waals surface area (Å²) in [6.45, 7) is 1.67. The van der Waals surface area contributed by atoms with Crippen LogP contribution in [0.1, 0.15) is 40.4 Å². The Morgan fingerprint density at radius 3 is 2.05 bits per heavy atom. The highest BCUT2D eigenvalue weighted by Crippen LogP contribution is 2.49. The van der Waals surface area contributed by atoms with E-state index < -0.39 is 18.0 Å². The minimum absolute atomic E-state index is 0.0288. The van der Waals surface area contributed by atoms with Gasteiger partial charge in [0.15, 0.2) is 23.0 Å². The standard InChI is InChI=1S/C31H37NO9/c1-35-25-10-17-7-8-32-16-19-9-20(41-30(33)18-11-27(37-3)29(39-5)28(12-18)38-4)13-23(31(34)40-6)21(19)14-24(32)22(17)15-26(25)36-2/h10-13,15,19-21,24H,7-9,14,16H2,1-6H3. The number of methoxy groups -OCH3 is 6. The molecule has 1 aliphatic carbocycles. The maximum atomic E-state index is 13.3. The molecule has 2 aromatic rings. The van der Waals surface area contributed by atoms with Gasteiger partial charge in [-0.3, -0.25) is 4.90 Å². The molecule has 2 aliphatic heterocycles. The maximum absolute atomic E-state index is 13.3. The van der Waals surface area contributed by atoms with Crippen molar-refractivity contribution >= 4 is 11.9 Å². The van der Waals surface area contributed by atoms with Gasteiger partial charge in [-0.15, -0.1) is 0 Å². The number of ether oxygens (including phenoxy) is 7. The summed E-state index contributed by atoms with van der Waals surface area (Å²) in [6.07, 6.45) is 3.42. The second kappa shape index (κ2) is 11.9. The molecule has 4 atom stereocenters. The number of fused-ring (bicyclic) bond motifs is 4. The van der Waals surface area contributed by atoms with E-state index in [0.29, 0.717) is 35.0 Å². The first kappa shape index (κ1) is 28.6. The Hall–Kier alpha value is -3.92. The third-order valence-corrected chi connectivity index (χ3v) is 8.51. The Labute approximate surface area is 240 Å². The van der Waals surface area contributed by atoms with Gasteiger partial charge in [0.25, 0.3) is 0 Å². The van der Waals surface area contributed by atoms with Crippen LogP contribution < -0.4 is 23.7 Å². The molecule has 0 amide bonds. The number of esters is 2. The van der Waals surface area contributed by atoms with E-state index in [2.05, 4.69) is 17.0 Å². The average molecular weight is 568 g/mol. The molecule has 2 aromatic carbocycles. The highest BCUT2D eigenvalue weighted by Gasteiger charge is 2.45. The van der Waals surface area contributed by atoms with Crippen LogP contribution in [0.5, 0.6) is 28.7 Å². The second-order valence-corrected chi connectivity index (χ2v) is 10.5. The van der Waals surface area contributed by atoms with Crippen molar-refractivity contribution < 1.29 is 42.7 Å². The van der Waals surface area contributed by atoms with E-state index in [1.807, 2.05) is 0 Å². The minimum Gasteiger partial charge on any atom is -0.493 e. The Kier molecular flexibility index (Phi) is 8.30. The molecule has 0 bridgehead atoms. The summed E-state index contributed by atoms with van der Waals surface area (Å²) in [7, 11) is 9.14. The van der Waals surface area contributed by atoms with Crippen LogP contribution in [0.15, 0.2) is 35.9 Å². The van der Waals surface area contributed by atoms with Crippen molar-refractivity contribution in [2.75, 3.05) is 55.7 Å². The third kappa shape index (κ3) is 5.28. The second-order valence-electron chi connectivity index (χ2n) is 10.5. The van der Waals surface area contributed by atoms with E-state index in [1.54, 1.807) is 32.4 Å². The van der Waals surface area contributed by atoms with Crippen molar-refractivity contribution in [2.45, 2.75) is 31.4 Å². The number of benzene rings is 2. The van der Waals surface area contributed by atoms with Crippen LogP contribution in [0, 0.1) is 11.8 Å². The zero-order valence-electron chi connectivity index (χ0n) is 24.4.